The van der Waals surface area contributed by atoms with E-state index >= 15 is 0 Å². The van der Waals surface area contributed by atoms with Gasteiger partial charge < -0.3 is 10.6 Å². The standard InChI is InChI=1S/C12H14ClFN2O/c13-10-5-1-4-9(11(10)14)12(17)16-6-2-3-8(15)7-16/h1,4-5,8H,2-3,6-7,15H2. The maximum atomic E-state index is 13.7. The summed E-state index contributed by atoms with van der Waals surface area (Å²) in [6.07, 6.45) is 1.76. The van der Waals surface area contributed by atoms with Crippen LogP contribution in [0, 0.1) is 5.82 Å². The number of amides is 1. The van der Waals surface area contributed by atoms with E-state index in [1.54, 1.807) is 11.0 Å². The van der Waals surface area contributed by atoms with Crippen LogP contribution >= 0.6 is 11.6 Å². The zero-order valence-electron chi connectivity index (χ0n) is 9.33. The molecule has 1 saturated heterocycles. The molecule has 5 heteroatoms. The summed E-state index contributed by atoms with van der Waals surface area (Å²) in [7, 11) is 0. The zero-order chi connectivity index (χ0) is 12.4. The Morgan fingerprint density at radius 1 is 1.53 bits per heavy atom. The molecule has 1 aliphatic heterocycles. The summed E-state index contributed by atoms with van der Waals surface area (Å²) in [6, 6.07) is 4.43. The summed E-state index contributed by atoms with van der Waals surface area (Å²) < 4.78 is 13.7. The third-order valence-electron chi connectivity index (χ3n) is 2.93. The van der Waals surface area contributed by atoms with Crippen molar-refractivity contribution in [2.45, 2.75) is 18.9 Å². The number of piperidine rings is 1. The minimum absolute atomic E-state index is 0.0186. The third kappa shape index (κ3) is 2.58. The van der Waals surface area contributed by atoms with Crippen LogP contribution in [0.15, 0.2) is 18.2 Å². The number of hydrogen-bond acceptors (Lipinski definition) is 2. The molecule has 1 amide bonds. The molecule has 1 unspecified atom stereocenters. The number of carbonyl (C=O) groups is 1. The number of likely N-dealkylation sites (tertiary alicyclic amines) is 1. The molecule has 0 aliphatic carbocycles. The first kappa shape index (κ1) is 12.3. The lowest BCUT2D eigenvalue weighted by atomic mass is 10.1. The average molecular weight is 257 g/mol. The van der Waals surface area contributed by atoms with E-state index < -0.39 is 5.82 Å². The smallest absolute Gasteiger partial charge is 0.256 e. The monoisotopic (exact) mass is 256 g/mol. The van der Waals surface area contributed by atoms with E-state index in [4.69, 9.17) is 17.3 Å². The van der Waals surface area contributed by atoms with Gasteiger partial charge in [-0.05, 0) is 25.0 Å². The normalized spacial score (nSPS) is 20.4. The number of nitrogens with two attached hydrogens (primary N) is 1. The number of halogens is 2. The first-order valence-corrected chi connectivity index (χ1v) is 5.96. The van der Waals surface area contributed by atoms with E-state index in [1.807, 2.05) is 0 Å². The molecule has 0 radical (unpaired) electrons. The van der Waals surface area contributed by atoms with Gasteiger partial charge >= 0.3 is 0 Å². The SMILES string of the molecule is NC1CCCN(C(=O)c2cccc(Cl)c2F)C1. The van der Waals surface area contributed by atoms with Gasteiger partial charge in [-0.3, -0.25) is 4.79 Å². The Labute approximate surface area is 104 Å². The lowest BCUT2D eigenvalue weighted by Gasteiger charge is -2.30. The summed E-state index contributed by atoms with van der Waals surface area (Å²) in [4.78, 5) is 13.7. The molecule has 1 aromatic rings. The molecule has 2 N–H and O–H groups in total. The van der Waals surface area contributed by atoms with Gasteiger partial charge in [0, 0.05) is 19.1 Å². The lowest BCUT2D eigenvalue weighted by molar-refractivity contribution is 0.0704. The van der Waals surface area contributed by atoms with Crippen molar-refractivity contribution in [2.24, 2.45) is 5.73 Å². The Morgan fingerprint density at radius 2 is 2.29 bits per heavy atom. The fraction of sp³-hybridized carbons (Fsp3) is 0.417. The lowest BCUT2D eigenvalue weighted by Crippen LogP contribution is -2.45. The van der Waals surface area contributed by atoms with Crippen molar-refractivity contribution in [2.75, 3.05) is 13.1 Å². The summed E-state index contributed by atoms with van der Waals surface area (Å²) in [5.74, 6) is -0.988. The van der Waals surface area contributed by atoms with Crippen molar-refractivity contribution < 1.29 is 9.18 Å². The molecule has 1 fully saturated rings. The predicted octanol–water partition coefficient (Wildman–Crippen LogP) is 2.04. The Morgan fingerprint density at radius 3 is 3.00 bits per heavy atom. The van der Waals surface area contributed by atoms with E-state index in [9.17, 15) is 9.18 Å². The van der Waals surface area contributed by atoms with Crippen LogP contribution in [0.25, 0.3) is 0 Å². The first-order chi connectivity index (χ1) is 8.09. The molecule has 2 rings (SSSR count). The molecule has 0 spiro atoms. The molecular formula is C12H14ClFN2O. The highest BCUT2D eigenvalue weighted by atomic mass is 35.5. The van der Waals surface area contributed by atoms with Crippen molar-refractivity contribution in [3.05, 3.63) is 34.6 Å². The molecule has 3 nitrogen and oxygen atoms in total. The van der Waals surface area contributed by atoms with Crippen LogP contribution < -0.4 is 5.73 Å². The Balaban J connectivity index is 2.22. The quantitative estimate of drug-likeness (QED) is 0.836. The molecule has 1 aromatic carbocycles. The van der Waals surface area contributed by atoms with Gasteiger partial charge in [0.15, 0.2) is 5.82 Å². The van der Waals surface area contributed by atoms with E-state index in [2.05, 4.69) is 0 Å². The molecule has 1 heterocycles. The minimum Gasteiger partial charge on any atom is -0.337 e. The largest absolute Gasteiger partial charge is 0.337 e. The fourth-order valence-corrected chi connectivity index (χ4v) is 2.21. The highest BCUT2D eigenvalue weighted by molar-refractivity contribution is 6.31. The maximum Gasteiger partial charge on any atom is 0.256 e. The van der Waals surface area contributed by atoms with Crippen molar-refractivity contribution in [1.82, 2.24) is 4.90 Å². The molecule has 0 aromatic heterocycles. The third-order valence-corrected chi connectivity index (χ3v) is 3.22. The Hall–Kier alpha value is -1.13. The van der Waals surface area contributed by atoms with Crippen molar-refractivity contribution in [1.29, 1.82) is 0 Å². The van der Waals surface area contributed by atoms with Crippen molar-refractivity contribution in [3.8, 4) is 0 Å². The summed E-state index contributed by atoms with van der Waals surface area (Å²) >= 11 is 5.66. The molecule has 0 saturated carbocycles. The van der Waals surface area contributed by atoms with Crippen LogP contribution in [0.3, 0.4) is 0 Å². The Bertz CT molecular complexity index is 439. The second-order valence-corrected chi connectivity index (χ2v) is 4.66. The first-order valence-electron chi connectivity index (χ1n) is 5.58. The zero-order valence-corrected chi connectivity index (χ0v) is 10.1. The highest BCUT2D eigenvalue weighted by Gasteiger charge is 2.24. The number of benzene rings is 1. The molecule has 17 heavy (non-hydrogen) atoms. The van der Waals surface area contributed by atoms with E-state index in [0.717, 1.165) is 12.8 Å². The van der Waals surface area contributed by atoms with Gasteiger partial charge in [-0.2, -0.15) is 0 Å². The van der Waals surface area contributed by atoms with Crippen molar-refractivity contribution in [3.63, 3.8) is 0 Å². The van der Waals surface area contributed by atoms with E-state index in [-0.39, 0.29) is 22.5 Å². The highest BCUT2D eigenvalue weighted by Crippen LogP contribution is 2.20. The number of hydrogen-bond donors (Lipinski definition) is 1. The Kier molecular flexibility index (Phi) is 3.64. The molecule has 1 aliphatic rings. The molecular weight excluding hydrogens is 243 g/mol. The fourth-order valence-electron chi connectivity index (χ4n) is 2.03. The maximum absolute atomic E-state index is 13.7. The van der Waals surface area contributed by atoms with Gasteiger partial charge in [0.1, 0.15) is 0 Å². The van der Waals surface area contributed by atoms with Gasteiger partial charge in [0.05, 0.1) is 10.6 Å². The minimum atomic E-state index is -0.654. The number of rotatable bonds is 1. The average Bonchev–Trinajstić information content (AvgIpc) is 2.32. The van der Waals surface area contributed by atoms with Crippen LogP contribution in [-0.4, -0.2) is 29.9 Å². The summed E-state index contributed by atoms with van der Waals surface area (Å²) in [5, 5.41) is -0.0304. The van der Waals surface area contributed by atoms with Gasteiger partial charge in [-0.1, -0.05) is 17.7 Å². The van der Waals surface area contributed by atoms with Crippen LogP contribution in [0.2, 0.25) is 5.02 Å². The van der Waals surface area contributed by atoms with Gasteiger partial charge in [0.25, 0.3) is 5.91 Å². The van der Waals surface area contributed by atoms with E-state index in [1.165, 1.54) is 12.1 Å². The van der Waals surface area contributed by atoms with Crippen LogP contribution in [0.1, 0.15) is 23.2 Å². The topological polar surface area (TPSA) is 46.3 Å². The number of carbonyl (C=O) groups excluding carboxylic acids is 1. The summed E-state index contributed by atoms with van der Waals surface area (Å²) in [6.45, 7) is 1.10. The van der Waals surface area contributed by atoms with Crippen molar-refractivity contribution >= 4 is 17.5 Å². The number of nitrogens with zero attached hydrogens (tertiary/aromatic N) is 1. The molecule has 1 atom stereocenters. The van der Waals surface area contributed by atoms with Gasteiger partial charge in [0.2, 0.25) is 0 Å². The predicted molar refractivity (Wildman–Crippen MR) is 64.5 cm³/mol. The van der Waals surface area contributed by atoms with Crippen LogP contribution in [0.4, 0.5) is 4.39 Å². The second-order valence-electron chi connectivity index (χ2n) is 4.25. The van der Waals surface area contributed by atoms with Crippen LogP contribution in [0.5, 0.6) is 0 Å². The molecule has 0 bridgehead atoms. The second kappa shape index (κ2) is 5.02. The van der Waals surface area contributed by atoms with Gasteiger partial charge in [-0.15, -0.1) is 0 Å². The van der Waals surface area contributed by atoms with Crippen LogP contribution in [-0.2, 0) is 0 Å². The van der Waals surface area contributed by atoms with Gasteiger partial charge in [-0.25, -0.2) is 4.39 Å². The summed E-state index contributed by atoms with van der Waals surface area (Å²) in [5.41, 5.74) is 5.82. The molecule has 92 valence electrons. The van der Waals surface area contributed by atoms with E-state index in [0.29, 0.717) is 13.1 Å².